The van der Waals surface area contributed by atoms with Gasteiger partial charge in [-0.15, -0.1) is 0 Å². The summed E-state index contributed by atoms with van der Waals surface area (Å²) in [5, 5.41) is 18.9. The van der Waals surface area contributed by atoms with E-state index in [0.717, 1.165) is 12.3 Å². The van der Waals surface area contributed by atoms with Crippen molar-refractivity contribution in [1.29, 1.82) is 0 Å². The number of hydrogen-bond donors (Lipinski definition) is 1. The number of nitrogens with zero attached hydrogens (tertiary/aromatic N) is 3. The fourth-order valence-electron chi connectivity index (χ4n) is 3.76. The molecule has 0 radical (unpaired) electrons. The lowest BCUT2D eigenvalue weighted by atomic mass is 9.95. The minimum absolute atomic E-state index is 0.160. The van der Waals surface area contributed by atoms with Gasteiger partial charge in [0.2, 0.25) is 5.82 Å². The van der Waals surface area contributed by atoms with Crippen LogP contribution in [0.2, 0.25) is 0 Å². The van der Waals surface area contributed by atoms with Crippen LogP contribution in [0.15, 0.2) is 0 Å². The van der Waals surface area contributed by atoms with Gasteiger partial charge >= 0.3 is 5.69 Å². The van der Waals surface area contributed by atoms with Crippen molar-refractivity contribution >= 4 is 11.5 Å². The summed E-state index contributed by atoms with van der Waals surface area (Å²) >= 11 is 0. The highest BCUT2D eigenvalue weighted by Gasteiger charge is 2.41. The molecule has 2 aliphatic carbocycles. The lowest BCUT2D eigenvalue weighted by Crippen LogP contribution is -2.27. The van der Waals surface area contributed by atoms with E-state index in [-0.39, 0.29) is 10.6 Å². The fourth-order valence-corrected chi connectivity index (χ4v) is 3.76. The van der Waals surface area contributed by atoms with Crippen LogP contribution in [0.25, 0.3) is 0 Å². The molecule has 104 valence electrons. The maximum atomic E-state index is 11.3. The lowest BCUT2D eigenvalue weighted by molar-refractivity contribution is -0.384. The molecule has 0 spiro atoms. The van der Waals surface area contributed by atoms with E-state index in [1.54, 1.807) is 11.7 Å². The predicted octanol–water partition coefficient (Wildman–Crippen LogP) is 2.49. The van der Waals surface area contributed by atoms with Gasteiger partial charge in [0.1, 0.15) is 5.69 Å². The molecule has 19 heavy (non-hydrogen) atoms. The number of rotatable bonds is 4. The minimum atomic E-state index is -0.304. The molecule has 6 heteroatoms. The molecular formula is C13H20N4O2. The molecule has 3 atom stereocenters. The second-order valence-electron chi connectivity index (χ2n) is 5.80. The Kier molecular flexibility index (Phi) is 2.95. The van der Waals surface area contributed by atoms with Gasteiger partial charge in [0.05, 0.1) is 4.92 Å². The summed E-state index contributed by atoms with van der Waals surface area (Å²) in [6.45, 7) is 1.90. The van der Waals surface area contributed by atoms with Gasteiger partial charge in [0, 0.05) is 13.1 Å². The maximum Gasteiger partial charge on any atom is 0.333 e. The lowest BCUT2D eigenvalue weighted by Gasteiger charge is -2.23. The van der Waals surface area contributed by atoms with E-state index in [4.69, 9.17) is 0 Å². The molecular weight excluding hydrogens is 244 g/mol. The van der Waals surface area contributed by atoms with Crippen molar-refractivity contribution < 1.29 is 4.92 Å². The van der Waals surface area contributed by atoms with E-state index in [2.05, 4.69) is 10.4 Å². The largest absolute Gasteiger partial charge is 0.362 e. The van der Waals surface area contributed by atoms with Gasteiger partial charge in [-0.2, -0.15) is 5.10 Å². The van der Waals surface area contributed by atoms with Crippen molar-refractivity contribution in [3.05, 3.63) is 15.8 Å². The number of aryl methyl sites for hydroxylation is 2. The summed E-state index contributed by atoms with van der Waals surface area (Å²) < 4.78 is 1.63. The van der Waals surface area contributed by atoms with E-state index in [1.807, 2.05) is 6.92 Å². The molecule has 1 aromatic rings. The van der Waals surface area contributed by atoms with Gasteiger partial charge in [-0.25, -0.2) is 4.68 Å². The summed E-state index contributed by atoms with van der Waals surface area (Å²) in [5.41, 5.74) is 0.728. The molecule has 2 saturated carbocycles. The van der Waals surface area contributed by atoms with E-state index in [0.29, 0.717) is 29.9 Å². The van der Waals surface area contributed by atoms with E-state index >= 15 is 0 Å². The van der Waals surface area contributed by atoms with E-state index < -0.39 is 0 Å². The first-order valence-electron chi connectivity index (χ1n) is 7.07. The Morgan fingerprint density at radius 2 is 2.26 bits per heavy atom. The third-order valence-corrected chi connectivity index (χ3v) is 4.67. The second-order valence-corrected chi connectivity index (χ2v) is 5.80. The summed E-state index contributed by atoms with van der Waals surface area (Å²) in [7, 11) is 1.78. The van der Waals surface area contributed by atoms with Crippen LogP contribution in [0.4, 0.5) is 11.5 Å². The van der Waals surface area contributed by atoms with E-state index in [1.165, 1.54) is 19.3 Å². The maximum absolute atomic E-state index is 11.3. The van der Waals surface area contributed by atoms with Crippen LogP contribution >= 0.6 is 0 Å². The Morgan fingerprint density at radius 3 is 2.79 bits per heavy atom. The van der Waals surface area contributed by atoms with Gasteiger partial charge < -0.3 is 5.32 Å². The highest BCUT2D eigenvalue weighted by atomic mass is 16.6. The zero-order valence-corrected chi connectivity index (χ0v) is 11.4. The zero-order valence-electron chi connectivity index (χ0n) is 11.4. The van der Waals surface area contributed by atoms with Crippen LogP contribution in [-0.2, 0) is 13.5 Å². The molecule has 0 aromatic carbocycles. The number of nitro groups is 1. The van der Waals surface area contributed by atoms with Crippen molar-refractivity contribution in [3.8, 4) is 0 Å². The third kappa shape index (κ3) is 1.99. The predicted molar refractivity (Wildman–Crippen MR) is 72.1 cm³/mol. The Bertz CT molecular complexity index is 511. The number of nitrogens with one attached hydrogen (secondary N) is 1. The molecule has 2 fully saturated rings. The zero-order chi connectivity index (χ0) is 13.6. The van der Waals surface area contributed by atoms with Gasteiger partial charge in [-0.3, -0.25) is 10.1 Å². The molecule has 0 aliphatic heterocycles. The third-order valence-electron chi connectivity index (χ3n) is 4.67. The monoisotopic (exact) mass is 264 g/mol. The number of hydrogen-bond acceptors (Lipinski definition) is 4. The second kappa shape index (κ2) is 4.51. The van der Waals surface area contributed by atoms with E-state index in [9.17, 15) is 10.1 Å². The Balaban J connectivity index is 1.88. The first-order valence-corrected chi connectivity index (χ1v) is 7.07. The summed E-state index contributed by atoms with van der Waals surface area (Å²) in [6, 6.07) is 0.387. The molecule has 1 N–H and O–H groups in total. The topological polar surface area (TPSA) is 73.0 Å². The normalized spacial score (nSPS) is 28.8. The van der Waals surface area contributed by atoms with Crippen LogP contribution in [-0.4, -0.2) is 20.7 Å². The molecule has 0 amide bonds. The number of anilines is 1. The fraction of sp³-hybridized carbons (Fsp3) is 0.769. The highest BCUT2D eigenvalue weighted by molar-refractivity contribution is 5.60. The van der Waals surface area contributed by atoms with Crippen LogP contribution in [0.5, 0.6) is 0 Å². The first kappa shape index (κ1) is 12.4. The minimum Gasteiger partial charge on any atom is -0.362 e. The molecule has 3 rings (SSSR count). The van der Waals surface area contributed by atoms with Crippen LogP contribution in [0.3, 0.4) is 0 Å². The van der Waals surface area contributed by atoms with Crippen LogP contribution in [0, 0.1) is 22.0 Å². The smallest absolute Gasteiger partial charge is 0.333 e. The highest BCUT2D eigenvalue weighted by Crippen LogP contribution is 2.46. The average Bonchev–Trinajstić information content (AvgIpc) is 3.04. The van der Waals surface area contributed by atoms with Crippen LogP contribution < -0.4 is 5.32 Å². The molecule has 2 aliphatic rings. The van der Waals surface area contributed by atoms with Crippen molar-refractivity contribution in [2.45, 2.75) is 45.1 Å². The Hall–Kier alpha value is -1.59. The van der Waals surface area contributed by atoms with Crippen LogP contribution in [0.1, 0.15) is 38.3 Å². The molecule has 2 bridgehead atoms. The standard InChI is InChI=1S/C13H20N4O2/c1-3-10-12(17(18)19)13(16(2)15-10)14-11-7-8-4-5-9(11)6-8/h8-9,11,14H,3-7H2,1-2H3. The quantitative estimate of drug-likeness (QED) is 0.669. The van der Waals surface area contributed by atoms with Gasteiger partial charge in [0.25, 0.3) is 0 Å². The number of aromatic nitrogens is 2. The molecule has 3 unspecified atom stereocenters. The average molecular weight is 264 g/mol. The molecule has 1 aromatic heterocycles. The van der Waals surface area contributed by atoms with Gasteiger partial charge in [-0.05, 0) is 37.5 Å². The van der Waals surface area contributed by atoms with Gasteiger partial charge in [-0.1, -0.05) is 13.3 Å². The molecule has 6 nitrogen and oxygen atoms in total. The van der Waals surface area contributed by atoms with Gasteiger partial charge in [0.15, 0.2) is 0 Å². The Labute approximate surface area is 112 Å². The number of fused-ring (bicyclic) bond motifs is 2. The molecule has 1 heterocycles. The van der Waals surface area contributed by atoms with Crippen molar-refractivity contribution in [2.24, 2.45) is 18.9 Å². The van der Waals surface area contributed by atoms with Crippen molar-refractivity contribution in [1.82, 2.24) is 9.78 Å². The first-order chi connectivity index (χ1) is 9.10. The van der Waals surface area contributed by atoms with Crippen molar-refractivity contribution in [2.75, 3.05) is 5.32 Å². The van der Waals surface area contributed by atoms with Crippen molar-refractivity contribution in [3.63, 3.8) is 0 Å². The Morgan fingerprint density at radius 1 is 1.47 bits per heavy atom. The summed E-state index contributed by atoms with van der Waals surface area (Å²) in [5.74, 6) is 2.09. The summed E-state index contributed by atoms with van der Waals surface area (Å²) in [4.78, 5) is 11.0. The SMILES string of the molecule is CCc1nn(C)c(NC2CC3CCC2C3)c1[N+](=O)[O-]. The molecule has 0 saturated heterocycles. The summed E-state index contributed by atoms with van der Waals surface area (Å²) in [6.07, 6.45) is 5.60.